The second-order valence-electron chi connectivity index (χ2n) is 3.70. The van der Waals surface area contributed by atoms with E-state index in [1.807, 2.05) is 0 Å². The molecular formula is C10H19NO. The Kier molecular flexibility index (Phi) is 4.12. The van der Waals surface area contributed by atoms with E-state index < -0.39 is 0 Å². The summed E-state index contributed by atoms with van der Waals surface area (Å²) in [6.07, 6.45) is 8.61. The molecule has 0 bridgehead atoms. The van der Waals surface area contributed by atoms with Crippen molar-refractivity contribution in [2.75, 3.05) is 0 Å². The van der Waals surface area contributed by atoms with Gasteiger partial charge in [-0.2, -0.15) is 0 Å². The van der Waals surface area contributed by atoms with Crippen LogP contribution < -0.4 is 5.32 Å². The molecule has 1 unspecified atom stereocenters. The molecular weight excluding hydrogens is 150 g/mol. The number of amides is 1. The van der Waals surface area contributed by atoms with Crippen molar-refractivity contribution in [3.63, 3.8) is 0 Å². The van der Waals surface area contributed by atoms with Gasteiger partial charge in [0, 0.05) is 6.04 Å². The van der Waals surface area contributed by atoms with Crippen molar-refractivity contribution in [2.24, 2.45) is 5.92 Å². The fourth-order valence-corrected chi connectivity index (χ4v) is 2.21. The molecule has 1 fully saturated rings. The van der Waals surface area contributed by atoms with Gasteiger partial charge in [-0.1, -0.05) is 26.2 Å². The molecule has 1 atom stereocenters. The van der Waals surface area contributed by atoms with Crippen LogP contribution >= 0.6 is 0 Å². The molecule has 0 aromatic rings. The van der Waals surface area contributed by atoms with Crippen molar-refractivity contribution in [1.29, 1.82) is 0 Å². The third-order valence-corrected chi connectivity index (χ3v) is 2.94. The van der Waals surface area contributed by atoms with Gasteiger partial charge in [0.1, 0.15) is 0 Å². The zero-order chi connectivity index (χ0) is 8.81. The second kappa shape index (κ2) is 5.18. The molecule has 1 amide bonds. The highest BCUT2D eigenvalue weighted by Gasteiger charge is 2.21. The van der Waals surface area contributed by atoms with Gasteiger partial charge in [-0.25, -0.2) is 0 Å². The number of hydrogen-bond acceptors (Lipinski definition) is 1. The summed E-state index contributed by atoms with van der Waals surface area (Å²) < 4.78 is 0. The standard InChI is InChI=1S/C10H19NO/c1-2-10(11-8-12)9-6-4-3-5-7-9/h8-10H,2-7H2,1H3,(H,11,12). The lowest BCUT2D eigenvalue weighted by molar-refractivity contribution is -0.110. The Hall–Kier alpha value is -0.530. The van der Waals surface area contributed by atoms with E-state index in [1.165, 1.54) is 32.1 Å². The SMILES string of the molecule is CCC(NC=O)C1CCCCC1. The Morgan fingerprint density at radius 3 is 2.58 bits per heavy atom. The highest BCUT2D eigenvalue weighted by molar-refractivity contribution is 5.46. The van der Waals surface area contributed by atoms with Crippen molar-refractivity contribution in [1.82, 2.24) is 5.32 Å². The smallest absolute Gasteiger partial charge is 0.207 e. The molecule has 2 nitrogen and oxygen atoms in total. The summed E-state index contributed by atoms with van der Waals surface area (Å²) in [7, 11) is 0. The van der Waals surface area contributed by atoms with Gasteiger partial charge in [0.15, 0.2) is 0 Å². The number of carbonyl (C=O) groups is 1. The fourth-order valence-electron chi connectivity index (χ4n) is 2.21. The Labute approximate surface area is 74.7 Å². The first-order chi connectivity index (χ1) is 5.88. The number of hydrogen-bond donors (Lipinski definition) is 1. The van der Waals surface area contributed by atoms with Crippen LogP contribution in [0.4, 0.5) is 0 Å². The highest BCUT2D eigenvalue weighted by atomic mass is 16.1. The maximum Gasteiger partial charge on any atom is 0.207 e. The maximum absolute atomic E-state index is 10.3. The molecule has 1 aliphatic carbocycles. The first kappa shape index (κ1) is 9.56. The Balaban J connectivity index is 2.34. The topological polar surface area (TPSA) is 29.1 Å². The minimum absolute atomic E-state index is 0.433. The Bertz CT molecular complexity index is 130. The summed E-state index contributed by atoms with van der Waals surface area (Å²) in [5.41, 5.74) is 0. The predicted molar refractivity (Wildman–Crippen MR) is 49.9 cm³/mol. The van der Waals surface area contributed by atoms with Gasteiger partial charge >= 0.3 is 0 Å². The average Bonchev–Trinajstić information content (AvgIpc) is 2.15. The molecule has 70 valence electrons. The van der Waals surface area contributed by atoms with Crippen molar-refractivity contribution < 1.29 is 4.79 Å². The van der Waals surface area contributed by atoms with E-state index in [-0.39, 0.29) is 0 Å². The van der Waals surface area contributed by atoms with E-state index in [4.69, 9.17) is 0 Å². The van der Waals surface area contributed by atoms with Gasteiger partial charge in [0.2, 0.25) is 6.41 Å². The molecule has 0 aromatic heterocycles. The highest BCUT2D eigenvalue weighted by Crippen LogP contribution is 2.27. The normalized spacial score (nSPS) is 21.8. The third kappa shape index (κ3) is 2.50. The van der Waals surface area contributed by atoms with Crippen LogP contribution in [0.1, 0.15) is 45.4 Å². The molecule has 0 aliphatic heterocycles. The molecule has 12 heavy (non-hydrogen) atoms. The summed E-state index contributed by atoms with van der Waals surface area (Å²) in [6, 6.07) is 0.433. The summed E-state index contributed by atoms with van der Waals surface area (Å²) in [5.74, 6) is 0.744. The lowest BCUT2D eigenvalue weighted by Crippen LogP contribution is -2.35. The van der Waals surface area contributed by atoms with Gasteiger partial charge in [0.05, 0.1) is 0 Å². The van der Waals surface area contributed by atoms with Crippen LogP contribution in [0.2, 0.25) is 0 Å². The van der Waals surface area contributed by atoms with E-state index in [0.717, 1.165) is 18.7 Å². The Morgan fingerprint density at radius 1 is 1.42 bits per heavy atom. The van der Waals surface area contributed by atoms with Gasteiger partial charge in [0.25, 0.3) is 0 Å². The van der Waals surface area contributed by atoms with Crippen molar-refractivity contribution in [3.05, 3.63) is 0 Å². The van der Waals surface area contributed by atoms with E-state index >= 15 is 0 Å². The van der Waals surface area contributed by atoms with Gasteiger partial charge in [-0.3, -0.25) is 4.79 Å². The number of rotatable bonds is 4. The van der Waals surface area contributed by atoms with Gasteiger partial charge < -0.3 is 5.32 Å². The van der Waals surface area contributed by atoms with Crippen LogP contribution in [0.3, 0.4) is 0 Å². The lowest BCUT2D eigenvalue weighted by atomic mass is 9.83. The van der Waals surface area contributed by atoms with Crippen LogP contribution in [-0.2, 0) is 4.79 Å². The lowest BCUT2D eigenvalue weighted by Gasteiger charge is -2.28. The first-order valence-electron chi connectivity index (χ1n) is 5.08. The first-order valence-corrected chi connectivity index (χ1v) is 5.08. The summed E-state index contributed by atoms with van der Waals surface area (Å²) in [5, 5.41) is 2.92. The van der Waals surface area contributed by atoms with Crippen LogP contribution in [0, 0.1) is 5.92 Å². The molecule has 0 radical (unpaired) electrons. The molecule has 1 saturated carbocycles. The van der Waals surface area contributed by atoms with Gasteiger partial charge in [-0.15, -0.1) is 0 Å². The predicted octanol–water partition coefficient (Wildman–Crippen LogP) is 2.09. The number of carbonyl (C=O) groups excluding carboxylic acids is 1. The molecule has 0 heterocycles. The van der Waals surface area contributed by atoms with Crippen molar-refractivity contribution in [2.45, 2.75) is 51.5 Å². The zero-order valence-corrected chi connectivity index (χ0v) is 7.88. The molecule has 0 spiro atoms. The molecule has 0 aromatic carbocycles. The Morgan fingerprint density at radius 2 is 2.08 bits per heavy atom. The fraction of sp³-hybridized carbons (Fsp3) is 0.900. The van der Waals surface area contributed by atoms with E-state index in [2.05, 4.69) is 12.2 Å². The molecule has 1 N–H and O–H groups in total. The van der Waals surface area contributed by atoms with Crippen molar-refractivity contribution in [3.8, 4) is 0 Å². The molecule has 1 rings (SSSR count). The minimum Gasteiger partial charge on any atom is -0.356 e. The monoisotopic (exact) mass is 169 g/mol. The summed E-state index contributed by atoms with van der Waals surface area (Å²) >= 11 is 0. The average molecular weight is 169 g/mol. The van der Waals surface area contributed by atoms with E-state index in [9.17, 15) is 4.79 Å². The van der Waals surface area contributed by atoms with E-state index in [0.29, 0.717) is 6.04 Å². The van der Waals surface area contributed by atoms with Crippen molar-refractivity contribution >= 4 is 6.41 Å². The third-order valence-electron chi connectivity index (χ3n) is 2.94. The minimum atomic E-state index is 0.433. The van der Waals surface area contributed by atoms with Crippen LogP contribution in [0.15, 0.2) is 0 Å². The van der Waals surface area contributed by atoms with Gasteiger partial charge in [-0.05, 0) is 25.2 Å². The van der Waals surface area contributed by atoms with Crippen LogP contribution in [0.5, 0.6) is 0 Å². The van der Waals surface area contributed by atoms with E-state index in [1.54, 1.807) is 0 Å². The largest absolute Gasteiger partial charge is 0.356 e. The molecule has 1 aliphatic rings. The van der Waals surface area contributed by atoms with Crippen LogP contribution in [0.25, 0.3) is 0 Å². The molecule has 0 saturated heterocycles. The maximum atomic E-state index is 10.3. The summed E-state index contributed by atoms with van der Waals surface area (Å²) in [6.45, 7) is 2.15. The quantitative estimate of drug-likeness (QED) is 0.641. The number of nitrogens with one attached hydrogen (secondary N) is 1. The second-order valence-corrected chi connectivity index (χ2v) is 3.70. The molecule has 2 heteroatoms. The summed E-state index contributed by atoms with van der Waals surface area (Å²) in [4.78, 5) is 10.3. The van der Waals surface area contributed by atoms with Crippen LogP contribution in [-0.4, -0.2) is 12.5 Å². The zero-order valence-electron chi connectivity index (χ0n) is 7.88.